The van der Waals surface area contributed by atoms with E-state index in [1.165, 1.54) is 6.92 Å². The molecule has 0 aliphatic heterocycles. The summed E-state index contributed by atoms with van der Waals surface area (Å²) < 4.78 is 55.7. The third-order valence-corrected chi connectivity index (χ3v) is 7.55. The minimum atomic E-state index is -5.34. The fraction of sp³-hybridized carbons (Fsp3) is 0.250. The van der Waals surface area contributed by atoms with Crippen LogP contribution >= 0.6 is 47.8 Å². The van der Waals surface area contributed by atoms with Gasteiger partial charge in [0.15, 0.2) is 0 Å². The first-order chi connectivity index (χ1) is 15.1. The average molecular weight is 669 g/mol. The van der Waals surface area contributed by atoms with Gasteiger partial charge in [0.2, 0.25) is 5.82 Å². The molecule has 0 aromatic heterocycles. The minimum Gasteiger partial charge on any atom is -0.329 e. The van der Waals surface area contributed by atoms with Gasteiger partial charge in [-0.05, 0) is 54.2 Å². The lowest BCUT2D eigenvalue weighted by atomic mass is 10.1. The average Bonchev–Trinajstić information content (AvgIpc) is 2.71. The molecule has 0 saturated carbocycles. The van der Waals surface area contributed by atoms with E-state index in [4.69, 9.17) is 0 Å². The van der Waals surface area contributed by atoms with E-state index in [0.29, 0.717) is 11.0 Å². The van der Waals surface area contributed by atoms with Crippen LogP contribution in [0.2, 0.25) is 0 Å². The summed E-state index contributed by atoms with van der Waals surface area (Å²) >= 11 is 8.74. The summed E-state index contributed by atoms with van der Waals surface area (Å²) in [6.07, 6.45) is -5.34. The Balaban J connectivity index is 3.17. The van der Waals surface area contributed by atoms with Crippen molar-refractivity contribution in [1.82, 2.24) is 0 Å². The van der Waals surface area contributed by atoms with Gasteiger partial charge in [-0.2, -0.15) is 17.6 Å². The van der Waals surface area contributed by atoms with Gasteiger partial charge in [0.1, 0.15) is 11.4 Å². The second-order valence-electron chi connectivity index (χ2n) is 6.23. The van der Waals surface area contributed by atoms with Crippen LogP contribution in [0.25, 0.3) is 0 Å². The Labute approximate surface area is 206 Å². The van der Waals surface area contributed by atoms with E-state index in [0.717, 1.165) is 0 Å². The van der Waals surface area contributed by atoms with E-state index < -0.39 is 71.8 Å². The van der Waals surface area contributed by atoms with Crippen molar-refractivity contribution >= 4 is 76.2 Å². The van der Waals surface area contributed by atoms with Gasteiger partial charge in [0.25, 0.3) is 11.4 Å². The third kappa shape index (κ3) is 5.08. The second kappa shape index (κ2) is 9.84. The monoisotopic (exact) mass is 666 g/mol. The molecule has 178 valence electrons. The van der Waals surface area contributed by atoms with Crippen LogP contribution in [0.1, 0.15) is 18.9 Å². The lowest BCUT2D eigenvalue weighted by Crippen LogP contribution is -2.25. The number of hydrogen-bond acceptors (Lipinski definition) is 7. The highest BCUT2D eigenvalue weighted by atomic mass is 79.9. The number of halogens is 7. The zero-order chi connectivity index (χ0) is 25.4. The van der Waals surface area contributed by atoms with Crippen molar-refractivity contribution in [2.75, 3.05) is 11.4 Å². The summed E-state index contributed by atoms with van der Waals surface area (Å²) in [7, 11) is 0. The van der Waals surface area contributed by atoms with E-state index in [-0.39, 0.29) is 21.4 Å². The van der Waals surface area contributed by atoms with E-state index in [2.05, 4.69) is 47.8 Å². The SMILES string of the molecule is CCCN(c1c([N+](=O)[O-])cc([N+](=O)[O-])cc1C(F)(F)F)c1c(Br)c(Br)c(Br)c(F)c1[N+](=O)[O-]. The van der Waals surface area contributed by atoms with Crippen molar-refractivity contribution in [3.05, 3.63) is 67.3 Å². The van der Waals surface area contributed by atoms with Crippen LogP contribution in [-0.2, 0) is 6.18 Å². The first-order valence-electron chi connectivity index (χ1n) is 8.46. The molecule has 2 rings (SSSR count). The van der Waals surface area contributed by atoms with Crippen molar-refractivity contribution < 1.29 is 32.3 Å². The number of nitrogens with zero attached hydrogens (tertiary/aromatic N) is 4. The molecule has 0 aliphatic rings. The van der Waals surface area contributed by atoms with Crippen LogP contribution in [-0.4, -0.2) is 21.3 Å². The Kier molecular flexibility index (Phi) is 8.01. The highest BCUT2D eigenvalue weighted by Crippen LogP contribution is 2.53. The number of hydrogen-bond donors (Lipinski definition) is 0. The van der Waals surface area contributed by atoms with Crippen molar-refractivity contribution in [1.29, 1.82) is 0 Å². The lowest BCUT2D eigenvalue weighted by Gasteiger charge is -2.28. The number of alkyl halides is 3. The fourth-order valence-electron chi connectivity index (χ4n) is 2.93. The highest BCUT2D eigenvalue weighted by Gasteiger charge is 2.44. The maximum Gasteiger partial charge on any atom is 0.418 e. The molecule has 0 amide bonds. The van der Waals surface area contributed by atoms with Gasteiger partial charge in [-0.15, -0.1) is 0 Å². The Morgan fingerprint density at radius 2 is 1.48 bits per heavy atom. The normalized spacial score (nSPS) is 11.4. The number of rotatable bonds is 7. The molecule has 2 aromatic carbocycles. The number of anilines is 2. The Hall–Kier alpha value is -2.40. The van der Waals surface area contributed by atoms with Crippen molar-refractivity contribution in [3.63, 3.8) is 0 Å². The van der Waals surface area contributed by atoms with Gasteiger partial charge in [-0.25, -0.2) is 0 Å². The van der Waals surface area contributed by atoms with Gasteiger partial charge < -0.3 is 4.90 Å². The molecule has 0 spiro atoms. The van der Waals surface area contributed by atoms with Gasteiger partial charge in [-0.3, -0.25) is 30.3 Å². The van der Waals surface area contributed by atoms with Crippen LogP contribution in [0.4, 0.5) is 46.0 Å². The lowest BCUT2D eigenvalue weighted by molar-refractivity contribution is -0.394. The summed E-state index contributed by atoms with van der Waals surface area (Å²) in [6, 6.07) is 0.381. The Bertz CT molecular complexity index is 1180. The van der Waals surface area contributed by atoms with Crippen molar-refractivity contribution in [2.45, 2.75) is 19.5 Å². The van der Waals surface area contributed by atoms with Gasteiger partial charge >= 0.3 is 11.9 Å². The molecule has 33 heavy (non-hydrogen) atoms. The molecule has 0 saturated heterocycles. The van der Waals surface area contributed by atoms with Crippen LogP contribution in [0.15, 0.2) is 25.6 Å². The molecule has 0 radical (unpaired) electrons. The number of non-ortho nitro benzene ring substituents is 1. The largest absolute Gasteiger partial charge is 0.418 e. The summed E-state index contributed by atoms with van der Waals surface area (Å²) in [5.41, 5.74) is -7.59. The van der Waals surface area contributed by atoms with Crippen LogP contribution in [0.5, 0.6) is 0 Å². The molecule has 0 atom stereocenters. The van der Waals surface area contributed by atoms with E-state index in [1.807, 2.05) is 0 Å². The summed E-state index contributed by atoms with van der Waals surface area (Å²) in [5.74, 6) is -1.45. The van der Waals surface area contributed by atoms with Crippen molar-refractivity contribution in [2.24, 2.45) is 0 Å². The number of nitro benzene ring substituents is 3. The molecule has 10 nitrogen and oxygen atoms in total. The summed E-state index contributed by atoms with van der Waals surface area (Å²) in [6.45, 7) is 0.982. The molecule has 0 bridgehead atoms. The molecule has 0 aliphatic carbocycles. The maximum atomic E-state index is 14.8. The van der Waals surface area contributed by atoms with Gasteiger partial charge in [-0.1, -0.05) is 6.92 Å². The van der Waals surface area contributed by atoms with Gasteiger partial charge in [0, 0.05) is 12.6 Å². The molecule has 17 heteroatoms. The molecule has 2 aromatic rings. The van der Waals surface area contributed by atoms with E-state index >= 15 is 0 Å². The number of benzene rings is 2. The smallest absolute Gasteiger partial charge is 0.329 e. The van der Waals surface area contributed by atoms with E-state index in [1.54, 1.807) is 0 Å². The highest BCUT2D eigenvalue weighted by molar-refractivity contribution is 9.14. The molecule has 0 fully saturated rings. The fourth-order valence-corrected chi connectivity index (χ4v) is 4.54. The summed E-state index contributed by atoms with van der Waals surface area (Å²) in [4.78, 5) is 31.3. The minimum absolute atomic E-state index is 0.00430. The molecular weight excluding hydrogens is 660 g/mol. The maximum absolute atomic E-state index is 14.8. The molecule has 0 unspecified atom stereocenters. The van der Waals surface area contributed by atoms with Crippen LogP contribution in [0.3, 0.4) is 0 Å². The quantitative estimate of drug-likeness (QED) is 0.0987. The zero-order valence-corrected chi connectivity index (χ0v) is 20.7. The van der Waals surface area contributed by atoms with E-state index in [9.17, 15) is 47.9 Å². The van der Waals surface area contributed by atoms with Gasteiger partial charge in [0.05, 0.1) is 39.8 Å². The van der Waals surface area contributed by atoms with Crippen LogP contribution in [0, 0.1) is 36.2 Å². The molecule has 0 N–H and O–H groups in total. The molecular formula is C16H9Br3F4N4O6. The topological polar surface area (TPSA) is 133 Å². The third-order valence-electron chi connectivity index (χ3n) is 4.18. The van der Waals surface area contributed by atoms with Crippen molar-refractivity contribution in [3.8, 4) is 0 Å². The summed E-state index contributed by atoms with van der Waals surface area (Å²) in [5, 5.41) is 34.4. The predicted molar refractivity (Wildman–Crippen MR) is 118 cm³/mol. The predicted octanol–water partition coefficient (Wildman–Crippen LogP) is 7.40. The number of nitro groups is 3. The van der Waals surface area contributed by atoms with Crippen LogP contribution < -0.4 is 4.90 Å². The molecule has 0 heterocycles. The zero-order valence-electron chi connectivity index (χ0n) is 16.0. The first-order valence-corrected chi connectivity index (χ1v) is 10.8. The standard InChI is InChI=1S/C16H9Br3F4N4O6/c1-2-3-24(14-11(19)9(17)10(18)12(20)15(14)27(32)33)13-7(16(21,22)23)4-6(25(28)29)5-8(13)26(30)31/h4-5H,2-3H2,1H3. The Morgan fingerprint density at radius 1 is 0.909 bits per heavy atom. The Morgan fingerprint density at radius 3 is 1.91 bits per heavy atom. The first kappa shape index (κ1) is 26.8. The second-order valence-corrected chi connectivity index (χ2v) is 8.61.